The molecular weight excluding hydrogens is 248 g/mol. The summed E-state index contributed by atoms with van der Waals surface area (Å²) in [5, 5.41) is 3.76. The monoisotopic (exact) mass is 274 g/mol. The van der Waals surface area contributed by atoms with Gasteiger partial charge in [-0.05, 0) is 30.9 Å². The van der Waals surface area contributed by atoms with Gasteiger partial charge in [0.25, 0.3) is 0 Å². The molecule has 0 atom stereocenters. The summed E-state index contributed by atoms with van der Waals surface area (Å²) in [6.45, 7) is 4.38. The third kappa shape index (κ3) is 3.60. The quantitative estimate of drug-likeness (QED) is 0.867. The number of benzene rings is 1. The van der Waals surface area contributed by atoms with Crippen molar-refractivity contribution in [3.8, 4) is 0 Å². The third-order valence-corrected chi connectivity index (χ3v) is 4.22. The van der Waals surface area contributed by atoms with Crippen LogP contribution in [0.1, 0.15) is 61.9 Å². The highest BCUT2D eigenvalue weighted by Crippen LogP contribution is 2.32. The van der Waals surface area contributed by atoms with Crippen LogP contribution in [-0.2, 0) is 6.42 Å². The van der Waals surface area contributed by atoms with E-state index in [1.807, 2.05) is 24.3 Å². The van der Waals surface area contributed by atoms with Crippen molar-refractivity contribution in [2.24, 2.45) is 5.73 Å². The third-order valence-electron chi connectivity index (χ3n) is 4.22. The second kappa shape index (κ2) is 6.40. The smallest absolute Gasteiger partial charge is 0.248 e. The summed E-state index contributed by atoms with van der Waals surface area (Å²) >= 11 is 0. The van der Waals surface area contributed by atoms with Crippen molar-refractivity contribution in [3.63, 3.8) is 0 Å². The average Bonchev–Trinajstić information content (AvgIpc) is 2.39. The number of primary amides is 1. The van der Waals surface area contributed by atoms with E-state index in [0.717, 1.165) is 12.0 Å². The van der Waals surface area contributed by atoms with Crippen LogP contribution in [0.2, 0.25) is 0 Å². The van der Waals surface area contributed by atoms with E-state index in [0.29, 0.717) is 11.6 Å². The van der Waals surface area contributed by atoms with Gasteiger partial charge in [0, 0.05) is 17.1 Å². The van der Waals surface area contributed by atoms with E-state index in [4.69, 9.17) is 5.73 Å². The van der Waals surface area contributed by atoms with Gasteiger partial charge in [0.05, 0.1) is 0 Å². The van der Waals surface area contributed by atoms with Gasteiger partial charge in [0.2, 0.25) is 5.91 Å². The largest absolute Gasteiger partial charge is 0.366 e. The van der Waals surface area contributed by atoms with Crippen LogP contribution in [-0.4, -0.2) is 17.5 Å². The maximum absolute atomic E-state index is 11.6. The molecule has 0 heterocycles. The molecule has 20 heavy (non-hydrogen) atoms. The van der Waals surface area contributed by atoms with E-state index >= 15 is 0 Å². The fourth-order valence-electron chi connectivity index (χ4n) is 3.49. The van der Waals surface area contributed by atoms with Crippen LogP contribution in [0.3, 0.4) is 0 Å². The van der Waals surface area contributed by atoms with E-state index < -0.39 is 0 Å². The topological polar surface area (TPSA) is 55.1 Å². The number of nitrogens with two attached hydrogens (primary N) is 1. The summed E-state index contributed by atoms with van der Waals surface area (Å²) in [5.41, 5.74) is 7.38. The van der Waals surface area contributed by atoms with E-state index in [2.05, 4.69) is 19.2 Å². The molecule has 1 amide bonds. The standard InChI is InChI=1S/C17H26N2O/c1-13(2)19-17(10-6-3-7-11-17)12-14-8-4-5-9-15(14)16(18)20/h4-5,8-9,13,19H,3,6-7,10-12H2,1-2H3,(H2,18,20). The molecule has 110 valence electrons. The summed E-state index contributed by atoms with van der Waals surface area (Å²) < 4.78 is 0. The van der Waals surface area contributed by atoms with Crippen LogP contribution in [0.15, 0.2) is 24.3 Å². The minimum absolute atomic E-state index is 0.123. The number of amides is 1. The van der Waals surface area contributed by atoms with Gasteiger partial charge in [-0.3, -0.25) is 4.79 Å². The predicted octanol–water partition coefficient (Wildman–Crippen LogP) is 3.03. The lowest BCUT2D eigenvalue weighted by molar-refractivity contribution is 0.0998. The summed E-state index contributed by atoms with van der Waals surface area (Å²) in [6, 6.07) is 8.21. The van der Waals surface area contributed by atoms with Crippen LogP contribution in [0, 0.1) is 0 Å². The highest BCUT2D eigenvalue weighted by molar-refractivity contribution is 5.94. The molecule has 0 aliphatic heterocycles. The van der Waals surface area contributed by atoms with Crippen molar-refractivity contribution in [1.29, 1.82) is 0 Å². The van der Waals surface area contributed by atoms with Crippen LogP contribution in [0.5, 0.6) is 0 Å². The Kier molecular flexibility index (Phi) is 4.81. The Balaban J connectivity index is 2.25. The molecule has 2 rings (SSSR count). The van der Waals surface area contributed by atoms with E-state index in [9.17, 15) is 4.79 Å². The Labute approximate surface area is 121 Å². The first-order chi connectivity index (χ1) is 9.52. The fourth-order valence-corrected chi connectivity index (χ4v) is 3.49. The lowest BCUT2D eigenvalue weighted by Gasteiger charge is -2.40. The van der Waals surface area contributed by atoms with E-state index in [1.54, 1.807) is 0 Å². The second-order valence-corrected chi connectivity index (χ2v) is 6.34. The first-order valence-corrected chi connectivity index (χ1v) is 7.68. The number of hydrogen-bond acceptors (Lipinski definition) is 2. The van der Waals surface area contributed by atoms with Crippen LogP contribution < -0.4 is 11.1 Å². The maximum atomic E-state index is 11.6. The van der Waals surface area contributed by atoms with Crippen LogP contribution in [0.25, 0.3) is 0 Å². The zero-order chi connectivity index (χ0) is 14.6. The molecule has 1 aromatic rings. The SMILES string of the molecule is CC(C)NC1(Cc2ccccc2C(N)=O)CCCCC1. The first-order valence-electron chi connectivity index (χ1n) is 7.68. The van der Waals surface area contributed by atoms with E-state index in [-0.39, 0.29) is 11.4 Å². The molecule has 1 aromatic carbocycles. The molecule has 0 bridgehead atoms. The summed E-state index contributed by atoms with van der Waals surface area (Å²) in [6.07, 6.45) is 7.09. The van der Waals surface area contributed by atoms with Crippen molar-refractivity contribution in [3.05, 3.63) is 35.4 Å². The molecule has 0 radical (unpaired) electrons. The predicted molar refractivity (Wildman–Crippen MR) is 82.8 cm³/mol. The number of hydrogen-bond donors (Lipinski definition) is 2. The zero-order valence-corrected chi connectivity index (χ0v) is 12.6. The summed E-state index contributed by atoms with van der Waals surface area (Å²) in [4.78, 5) is 11.6. The van der Waals surface area contributed by atoms with Crippen LogP contribution in [0.4, 0.5) is 0 Å². The maximum Gasteiger partial charge on any atom is 0.248 e. The molecule has 1 aliphatic carbocycles. The molecule has 0 aromatic heterocycles. The normalized spacial score (nSPS) is 18.1. The molecular formula is C17H26N2O. The molecule has 1 aliphatic rings. The highest BCUT2D eigenvalue weighted by atomic mass is 16.1. The van der Waals surface area contributed by atoms with Crippen molar-refractivity contribution in [2.45, 2.75) is 64.0 Å². The number of rotatable bonds is 5. The first kappa shape index (κ1) is 15.0. The van der Waals surface area contributed by atoms with Crippen molar-refractivity contribution < 1.29 is 4.79 Å². The Hall–Kier alpha value is -1.35. The Morgan fingerprint density at radius 3 is 2.50 bits per heavy atom. The molecule has 1 saturated carbocycles. The van der Waals surface area contributed by atoms with Gasteiger partial charge >= 0.3 is 0 Å². The lowest BCUT2D eigenvalue weighted by atomic mass is 9.76. The van der Waals surface area contributed by atoms with Gasteiger partial charge in [0.15, 0.2) is 0 Å². The Morgan fingerprint density at radius 1 is 1.25 bits per heavy atom. The Morgan fingerprint density at radius 2 is 1.90 bits per heavy atom. The van der Waals surface area contributed by atoms with Gasteiger partial charge in [0.1, 0.15) is 0 Å². The average molecular weight is 274 g/mol. The van der Waals surface area contributed by atoms with Crippen molar-refractivity contribution >= 4 is 5.91 Å². The zero-order valence-electron chi connectivity index (χ0n) is 12.6. The van der Waals surface area contributed by atoms with Gasteiger partial charge in [-0.2, -0.15) is 0 Å². The molecule has 3 nitrogen and oxygen atoms in total. The highest BCUT2D eigenvalue weighted by Gasteiger charge is 2.33. The number of carbonyl (C=O) groups is 1. The van der Waals surface area contributed by atoms with E-state index in [1.165, 1.54) is 32.1 Å². The van der Waals surface area contributed by atoms with Crippen molar-refractivity contribution in [1.82, 2.24) is 5.32 Å². The van der Waals surface area contributed by atoms with Crippen LogP contribution >= 0.6 is 0 Å². The molecule has 0 unspecified atom stereocenters. The van der Waals surface area contributed by atoms with Gasteiger partial charge < -0.3 is 11.1 Å². The molecule has 3 heteroatoms. The summed E-state index contributed by atoms with van der Waals surface area (Å²) in [7, 11) is 0. The van der Waals surface area contributed by atoms with Gasteiger partial charge in [-0.1, -0.05) is 51.3 Å². The van der Waals surface area contributed by atoms with Gasteiger partial charge in [-0.25, -0.2) is 0 Å². The van der Waals surface area contributed by atoms with Gasteiger partial charge in [-0.15, -0.1) is 0 Å². The summed E-state index contributed by atoms with van der Waals surface area (Å²) in [5.74, 6) is -0.323. The number of nitrogens with one attached hydrogen (secondary N) is 1. The minimum atomic E-state index is -0.323. The second-order valence-electron chi connectivity index (χ2n) is 6.34. The molecule has 3 N–H and O–H groups in total. The molecule has 0 spiro atoms. The number of carbonyl (C=O) groups excluding carboxylic acids is 1. The van der Waals surface area contributed by atoms with Crippen molar-refractivity contribution in [2.75, 3.05) is 0 Å². The molecule has 1 fully saturated rings. The minimum Gasteiger partial charge on any atom is -0.366 e. The lowest BCUT2D eigenvalue weighted by Crippen LogP contribution is -2.51. The molecule has 0 saturated heterocycles. The Bertz CT molecular complexity index is 462. The fraction of sp³-hybridized carbons (Fsp3) is 0.588.